The summed E-state index contributed by atoms with van der Waals surface area (Å²) in [7, 11) is 0. The molecule has 0 amide bonds. The van der Waals surface area contributed by atoms with E-state index in [0.29, 0.717) is 17.8 Å². The minimum absolute atomic E-state index is 0.0972. The van der Waals surface area contributed by atoms with Gasteiger partial charge in [0, 0.05) is 0 Å². The summed E-state index contributed by atoms with van der Waals surface area (Å²) < 4.78 is 0. The molecule has 2 unspecified atom stereocenters. The minimum Gasteiger partial charge on any atom is -0.447 e. The number of rotatable bonds is 2. The Hall–Kier alpha value is -2.55. The van der Waals surface area contributed by atoms with Gasteiger partial charge in [0.05, 0.1) is 0 Å². The Morgan fingerprint density at radius 1 is 1.17 bits per heavy atom. The molecule has 0 fully saturated rings. The van der Waals surface area contributed by atoms with E-state index in [4.69, 9.17) is 0 Å². The second kappa shape index (κ2) is 5.58. The zero-order valence-corrected chi connectivity index (χ0v) is 13.2. The fourth-order valence-corrected chi connectivity index (χ4v) is 3.85. The first kappa shape index (κ1) is 14.1. The Balaban J connectivity index is 1.76. The van der Waals surface area contributed by atoms with E-state index in [9.17, 15) is 5.11 Å². The fraction of sp³-hybridized carbons (Fsp3) is 0.250. The van der Waals surface area contributed by atoms with Crippen molar-refractivity contribution in [1.82, 2.24) is 4.98 Å². The Bertz CT molecular complexity index is 854. The van der Waals surface area contributed by atoms with Gasteiger partial charge in [-0.1, -0.05) is 55.5 Å². The van der Waals surface area contributed by atoms with Crippen LogP contribution in [0.2, 0.25) is 0 Å². The second-order valence-electron chi connectivity index (χ2n) is 6.46. The van der Waals surface area contributed by atoms with Crippen LogP contribution in [0.5, 0.6) is 6.01 Å². The van der Waals surface area contributed by atoms with Crippen LogP contribution in [0.1, 0.15) is 18.9 Å². The van der Waals surface area contributed by atoms with Crippen molar-refractivity contribution in [2.45, 2.75) is 13.3 Å². The van der Waals surface area contributed by atoms with Gasteiger partial charge in [-0.25, -0.2) is 9.97 Å². The van der Waals surface area contributed by atoms with Crippen molar-refractivity contribution in [3.05, 3.63) is 66.3 Å². The van der Waals surface area contributed by atoms with Crippen LogP contribution in [-0.4, -0.2) is 10.1 Å². The summed E-state index contributed by atoms with van der Waals surface area (Å²) in [5.74, 6) is 1.52. The van der Waals surface area contributed by atoms with Gasteiger partial charge >= 0.3 is 6.01 Å². The van der Waals surface area contributed by atoms with Gasteiger partial charge in [0.2, 0.25) is 0 Å². The van der Waals surface area contributed by atoms with Crippen molar-refractivity contribution < 1.29 is 10.1 Å². The lowest BCUT2D eigenvalue weighted by atomic mass is 9.71. The van der Waals surface area contributed by atoms with Gasteiger partial charge < -0.3 is 5.11 Å². The number of fused-ring (bicyclic) bond motifs is 1. The molecule has 0 spiro atoms. The maximum absolute atomic E-state index is 9.60. The predicted octanol–water partition coefficient (Wildman–Crippen LogP) is 4.03. The molecule has 2 aliphatic rings. The van der Waals surface area contributed by atoms with Crippen molar-refractivity contribution >= 4 is 16.6 Å². The molecule has 0 aliphatic heterocycles. The molecule has 1 aromatic carbocycles. The Morgan fingerprint density at radius 3 is 2.91 bits per heavy atom. The number of H-pyrrole nitrogens is 2. The van der Waals surface area contributed by atoms with Crippen molar-refractivity contribution in [3.63, 3.8) is 0 Å². The molecule has 0 bridgehead atoms. The molecule has 4 rings (SSSR count). The molecule has 1 heterocycles. The molecule has 2 aliphatic carbocycles. The molecule has 3 N–H and O–H groups in total. The molecule has 0 saturated carbocycles. The average Bonchev–Trinajstić information content (AvgIpc) is 2.94. The van der Waals surface area contributed by atoms with Crippen molar-refractivity contribution in [3.8, 4) is 6.01 Å². The standard InChI is InChI=1S/C20H20N2O/c1-13-6-5-9-16(19(13)14-7-3-2-4-8-14)15-10-11-17-18(12-15)22-20(23)21-17/h2-7,9-14,19H,8H2,1H3,(H2,21,22,23)/p+1/t13-,14?,19?/m1/s1. The summed E-state index contributed by atoms with van der Waals surface area (Å²) in [6, 6.07) is 6.39. The fourth-order valence-electron chi connectivity index (χ4n) is 3.85. The highest BCUT2D eigenvalue weighted by molar-refractivity contribution is 5.80. The lowest BCUT2D eigenvalue weighted by Gasteiger charge is -2.33. The molecule has 0 saturated heterocycles. The number of hydrogen-bond acceptors (Lipinski definition) is 1. The van der Waals surface area contributed by atoms with Crippen molar-refractivity contribution in [2.75, 3.05) is 0 Å². The first-order chi connectivity index (χ1) is 11.2. The largest absolute Gasteiger partial charge is 0.450 e. The zero-order valence-electron chi connectivity index (χ0n) is 13.2. The van der Waals surface area contributed by atoms with Gasteiger partial charge in [-0.05, 0) is 47.4 Å². The summed E-state index contributed by atoms with van der Waals surface area (Å²) in [4.78, 5) is 5.89. The van der Waals surface area contributed by atoms with E-state index in [0.717, 1.165) is 17.5 Å². The maximum atomic E-state index is 9.60. The SMILES string of the molecule is C[C@@H]1C=CC=C(c2ccc3[nH+]c(O)[nH]c3c2)C1C1C=CC=CC1. The normalized spacial score (nSPS) is 26.7. The molecule has 3 heteroatoms. The number of benzene rings is 1. The third kappa shape index (κ3) is 2.52. The third-order valence-electron chi connectivity index (χ3n) is 4.95. The van der Waals surface area contributed by atoms with Crippen LogP contribution in [-0.2, 0) is 0 Å². The highest BCUT2D eigenvalue weighted by Gasteiger charge is 2.30. The molecule has 1 aromatic heterocycles. The molecule has 23 heavy (non-hydrogen) atoms. The second-order valence-corrected chi connectivity index (χ2v) is 6.46. The lowest BCUT2D eigenvalue weighted by molar-refractivity contribution is -0.363. The average molecular weight is 305 g/mol. The van der Waals surface area contributed by atoms with Gasteiger partial charge in [0.15, 0.2) is 11.0 Å². The molecule has 116 valence electrons. The van der Waals surface area contributed by atoms with E-state index in [1.807, 2.05) is 6.07 Å². The van der Waals surface area contributed by atoms with Gasteiger partial charge in [0.25, 0.3) is 0 Å². The topological polar surface area (TPSA) is 50.2 Å². The van der Waals surface area contributed by atoms with Crippen LogP contribution in [0.4, 0.5) is 0 Å². The lowest BCUT2D eigenvalue weighted by Crippen LogP contribution is -2.23. The van der Waals surface area contributed by atoms with Crippen LogP contribution in [0.25, 0.3) is 16.6 Å². The van der Waals surface area contributed by atoms with Crippen LogP contribution in [0, 0.1) is 17.8 Å². The summed E-state index contributed by atoms with van der Waals surface area (Å²) in [6.45, 7) is 2.30. The van der Waals surface area contributed by atoms with Gasteiger partial charge in [-0.15, -0.1) is 0 Å². The molecule has 3 nitrogen and oxygen atoms in total. The Morgan fingerprint density at radius 2 is 2.09 bits per heavy atom. The van der Waals surface area contributed by atoms with E-state index in [2.05, 4.69) is 71.6 Å². The Labute approximate surface area is 135 Å². The smallest absolute Gasteiger partial charge is 0.447 e. The molecule has 0 radical (unpaired) electrons. The number of aromatic amines is 2. The summed E-state index contributed by atoms with van der Waals surface area (Å²) >= 11 is 0. The quantitative estimate of drug-likeness (QED) is 0.865. The molecule has 3 atom stereocenters. The van der Waals surface area contributed by atoms with E-state index in [-0.39, 0.29) is 6.01 Å². The number of nitrogens with one attached hydrogen (secondary N) is 2. The van der Waals surface area contributed by atoms with E-state index < -0.39 is 0 Å². The molecular formula is C20H21N2O+. The number of allylic oxidation sites excluding steroid dienone is 8. The highest BCUT2D eigenvalue weighted by atomic mass is 16.3. The summed E-state index contributed by atoms with van der Waals surface area (Å²) in [6.07, 6.45) is 16.7. The van der Waals surface area contributed by atoms with Crippen LogP contribution < -0.4 is 4.98 Å². The van der Waals surface area contributed by atoms with Crippen molar-refractivity contribution in [1.29, 1.82) is 0 Å². The highest BCUT2D eigenvalue weighted by Crippen LogP contribution is 2.41. The number of aromatic nitrogens is 2. The van der Waals surface area contributed by atoms with Gasteiger partial charge in [-0.2, -0.15) is 0 Å². The van der Waals surface area contributed by atoms with Gasteiger partial charge in [-0.3, -0.25) is 0 Å². The zero-order chi connectivity index (χ0) is 15.8. The van der Waals surface area contributed by atoms with Crippen molar-refractivity contribution in [2.24, 2.45) is 17.8 Å². The number of aromatic hydroxyl groups is 1. The summed E-state index contributed by atoms with van der Waals surface area (Å²) in [5.41, 5.74) is 4.45. The maximum Gasteiger partial charge on any atom is 0.450 e. The van der Waals surface area contributed by atoms with E-state index in [1.54, 1.807) is 0 Å². The first-order valence-electron chi connectivity index (χ1n) is 8.18. The first-order valence-corrected chi connectivity index (χ1v) is 8.18. The summed E-state index contributed by atoms with van der Waals surface area (Å²) in [5, 5.41) is 9.60. The monoisotopic (exact) mass is 305 g/mol. The van der Waals surface area contributed by atoms with Crippen LogP contribution >= 0.6 is 0 Å². The van der Waals surface area contributed by atoms with E-state index in [1.165, 1.54) is 11.1 Å². The number of hydrogen-bond donors (Lipinski definition) is 2. The van der Waals surface area contributed by atoms with Crippen LogP contribution in [0.15, 0.2) is 60.7 Å². The minimum atomic E-state index is 0.0972. The van der Waals surface area contributed by atoms with Gasteiger partial charge in [0.1, 0.15) is 0 Å². The third-order valence-corrected chi connectivity index (χ3v) is 4.95. The molecule has 2 aromatic rings. The van der Waals surface area contributed by atoms with E-state index >= 15 is 0 Å². The van der Waals surface area contributed by atoms with Crippen LogP contribution in [0.3, 0.4) is 0 Å². The Kier molecular flexibility index (Phi) is 3.41. The molecular weight excluding hydrogens is 284 g/mol. The number of imidazole rings is 1. The predicted molar refractivity (Wildman–Crippen MR) is 92.7 cm³/mol.